The number of hydrogen-bond acceptors (Lipinski definition) is 3. The molecule has 6 heteroatoms. The first-order valence-electron chi connectivity index (χ1n) is 6.20. The smallest absolute Gasteiger partial charge is 0.221 e. The van der Waals surface area contributed by atoms with Crippen molar-refractivity contribution in [1.82, 2.24) is 4.72 Å². The summed E-state index contributed by atoms with van der Waals surface area (Å²) in [5.74, 6) is 0. The minimum absolute atomic E-state index is 0.0190. The molecule has 4 nitrogen and oxygen atoms in total. The SMILES string of the molecule is CCC(C(N)=S)S(=O)(=O)NCCc1cccc(C)c1. The van der Waals surface area contributed by atoms with Gasteiger partial charge in [0.15, 0.2) is 0 Å². The maximum absolute atomic E-state index is 12.0. The molecule has 0 saturated heterocycles. The Kier molecular flexibility index (Phi) is 5.90. The molecule has 1 unspecified atom stereocenters. The van der Waals surface area contributed by atoms with Gasteiger partial charge >= 0.3 is 0 Å². The maximum Gasteiger partial charge on any atom is 0.221 e. The zero-order valence-corrected chi connectivity index (χ0v) is 12.9. The molecule has 1 aromatic rings. The fraction of sp³-hybridized carbons (Fsp3) is 0.462. The van der Waals surface area contributed by atoms with Crippen LogP contribution in [0.2, 0.25) is 0 Å². The summed E-state index contributed by atoms with van der Waals surface area (Å²) in [6.07, 6.45) is 1.03. The Hall–Kier alpha value is -0.980. The summed E-state index contributed by atoms with van der Waals surface area (Å²) in [5, 5.41) is -0.792. The summed E-state index contributed by atoms with van der Waals surface area (Å²) in [7, 11) is -3.47. The van der Waals surface area contributed by atoms with E-state index in [0.29, 0.717) is 19.4 Å². The molecule has 1 atom stereocenters. The average Bonchev–Trinajstić information content (AvgIpc) is 2.28. The van der Waals surface area contributed by atoms with Crippen LogP contribution >= 0.6 is 12.2 Å². The summed E-state index contributed by atoms with van der Waals surface area (Å²) in [4.78, 5) is 0.0190. The Morgan fingerprint density at radius 3 is 2.68 bits per heavy atom. The summed E-state index contributed by atoms with van der Waals surface area (Å²) < 4.78 is 26.5. The van der Waals surface area contributed by atoms with E-state index >= 15 is 0 Å². The van der Waals surface area contributed by atoms with Crippen molar-refractivity contribution in [3.05, 3.63) is 35.4 Å². The molecule has 1 aromatic carbocycles. The molecule has 106 valence electrons. The molecule has 0 bridgehead atoms. The maximum atomic E-state index is 12.0. The van der Waals surface area contributed by atoms with Gasteiger partial charge in [-0.15, -0.1) is 0 Å². The van der Waals surface area contributed by atoms with Gasteiger partial charge in [-0.1, -0.05) is 49.0 Å². The summed E-state index contributed by atoms with van der Waals surface area (Å²) >= 11 is 4.78. The number of nitrogens with two attached hydrogens (primary N) is 1. The van der Waals surface area contributed by atoms with Crippen LogP contribution in [0, 0.1) is 6.92 Å². The van der Waals surface area contributed by atoms with Gasteiger partial charge in [0.1, 0.15) is 5.25 Å². The second-order valence-electron chi connectivity index (χ2n) is 4.48. The molecule has 0 aliphatic rings. The number of benzene rings is 1. The third-order valence-corrected chi connectivity index (χ3v) is 5.24. The van der Waals surface area contributed by atoms with Gasteiger partial charge < -0.3 is 5.73 Å². The molecule has 0 aromatic heterocycles. The number of aryl methyl sites for hydroxylation is 1. The highest BCUT2D eigenvalue weighted by Crippen LogP contribution is 2.07. The van der Waals surface area contributed by atoms with Crippen LogP contribution in [0.4, 0.5) is 0 Å². The van der Waals surface area contributed by atoms with Crippen molar-refractivity contribution in [3.8, 4) is 0 Å². The van der Waals surface area contributed by atoms with E-state index in [2.05, 4.69) is 4.72 Å². The van der Waals surface area contributed by atoms with E-state index in [0.717, 1.165) is 11.1 Å². The molecule has 0 heterocycles. The first-order chi connectivity index (χ1) is 8.86. The van der Waals surface area contributed by atoms with Crippen LogP contribution < -0.4 is 10.5 Å². The Morgan fingerprint density at radius 1 is 1.47 bits per heavy atom. The largest absolute Gasteiger partial charge is 0.392 e. The van der Waals surface area contributed by atoms with Gasteiger partial charge in [-0.25, -0.2) is 13.1 Å². The average molecular weight is 300 g/mol. The quantitative estimate of drug-likeness (QED) is 0.749. The summed E-state index contributed by atoms with van der Waals surface area (Å²) in [6, 6.07) is 7.99. The molecule has 0 aliphatic heterocycles. The molecule has 0 radical (unpaired) electrons. The number of rotatable bonds is 7. The molecular weight excluding hydrogens is 280 g/mol. The molecule has 0 spiro atoms. The van der Waals surface area contributed by atoms with Gasteiger partial charge in [-0.2, -0.15) is 0 Å². The van der Waals surface area contributed by atoms with Gasteiger partial charge in [0, 0.05) is 6.54 Å². The lowest BCUT2D eigenvalue weighted by Gasteiger charge is -2.15. The van der Waals surface area contributed by atoms with Crippen LogP contribution in [0.1, 0.15) is 24.5 Å². The molecular formula is C13H20N2O2S2. The molecule has 0 aliphatic carbocycles. The Labute approximate surface area is 120 Å². The molecule has 0 saturated carbocycles. The van der Waals surface area contributed by atoms with Crippen molar-refractivity contribution in [3.63, 3.8) is 0 Å². The van der Waals surface area contributed by atoms with Crippen molar-refractivity contribution in [2.24, 2.45) is 5.73 Å². The monoisotopic (exact) mass is 300 g/mol. The van der Waals surface area contributed by atoms with Crippen LogP contribution in [0.15, 0.2) is 24.3 Å². The van der Waals surface area contributed by atoms with E-state index in [1.165, 1.54) is 0 Å². The first-order valence-corrected chi connectivity index (χ1v) is 8.15. The first kappa shape index (κ1) is 16.1. The zero-order valence-electron chi connectivity index (χ0n) is 11.2. The highest BCUT2D eigenvalue weighted by atomic mass is 32.2. The normalized spacial score (nSPS) is 13.2. The van der Waals surface area contributed by atoms with E-state index in [9.17, 15) is 8.42 Å². The lowest BCUT2D eigenvalue weighted by Crippen LogP contribution is -2.42. The van der Waals surface area contributed by atoms with Gasteiger partial charge in [-0.05, 0) is 25.3 Å². The van der Waals surface area contributed by atoms with E-state index in [1.54, 1.807) is 6.92 Å². The number of sulfonamides is 1. The van der Waals surface area contributed by atoms with E-state index in [1.807, 2.05) is 31.2 Å². The van der Waals surface area contributed by atoms with Crippen molar-refractivity contribution in [2.75, 3.05) is 6.54 Å². The van der Waals surface area contributed by atoms with Crippen molar-refractivity contribution in [1.29, 1.82) is 0 Å². The Bertz CT molecular complexity index is 541. The molecule has 3 N–H and O–H groups in total. The molecule has 0 amide bonds. The predicted octanol–water partition coefficient (Wildman–Crippen LogP) is 1.52. The second kappa shape index (κ2) is 6.98. The standard InChI is InChI=1S/C13H20N2O2S2/c1-3-12(13(14)18)19(16,17)15-8-7-11-6-4-5-10(2)9-11/h4-6,9,12,15H,3,7-8H2,1-2H3,(H2,14,18). The van der Waals surface area contributed by atoms with Crippen LogP contribution in [0.25, 0.3) is 0 Å². The summed E-state index contributed by atoms with van der Waals surface area (Å²) in [5.41, 5.74) is 7.71. The summed E-state index contributed by atoms with van der Waals surface area (Å²) in [6.45, 7) is 4.11. The number of thiocarbonyl (C=S) groups is 1. The second-order valence-corrected chi connectivity index (χ2v) is 6.90. The van der Waals surface area contributed by atoms with E-state index in [4.69, 9.17) is 18.0 Å². The van der Waals surface area contributed by atoms with E-state index in [-0.39, 0.29) is 4.99 Å². The van der Waals surface area contributed by atoms with Gasteiger partial charge in [0.2, 0.25) is 10.0 Å². The third kappa shape index (κ3) is 4.89. The zero-order chi connectivity index (χ0) is 14.5. The van der Waals surface area contributed by atoms with Crippen LogP contribution in [-0.4, -0.2) is 25.2 Å². The minimum Gasteiger partial charge on any atom is -0.392 e. The fourth-order valence-electron chi connectivity index (χ4n) is 1.88. The highest BCUT2D eigenvalue weighted by molar-refractivity contribution is 7.93. The van der Waals surface area contributed by atoms with Gasteiger partial charge in [0.25, 0.3) is 0 Å². The Morgan fingerprint density at radius 2 is 2.16 bits per heavy atom. The number of hydrogen-bond donors (Lipinski definition) is 2. The number of nitrogens with one attached hydrogen (secondary N) is 1. The van der Waals surface area contributed by atoms with Gasteiger partial charge in [-0.3, -0.25) is 0 Å². The molecule has 19 heavy (non-hydrogen) atoms. The van der Waals surface area contributed by atoms with Crippen molar-refractivity contribution < 1.29 is 8.42 Å². The van der Waals surface area contributed by atoms with Gasteiger partial charge in [0.05, 0.1) is 4.99 Å². The Balaban J connectivity index is 2.59. The lowest BCUT2D eigenvalue weighted by molar-refractivity contribution is 0.574. The topological polar surface area (TPSA) is 72.2 Å². The van der Waals surface area contributed by atoms with Crippen molar-refractivity contribution >= 4 is 27.2 Å². The third-order valence-electron chi connectivity index (χ3n) is 2.86. The molecule has 1 rings (SSSR count). The van der Waals surface area contributed by atoms with Crippen LogP contribution in [0.3, 0.4) is 0 Å². The highest BCUT2D eigenvalue weighted by Gasteiger charge is 2.25. The molecule has 0 fully saturated rings. The van der Waals surface area contributed by atoms with E-state index < -0.39 is 15.3 Å². The fourth-order valence-corrected chi connectivity index (χ4v) is 3.76. The van der Waals surface area contributed by atoms with Crippen molar-refractivity contribution in [2.45, 2.75) is 31.9 Å². The van der Waals surface area contributed by atoms with Crippen LogP contribution in [-0.2, 0) is 16.4 Å². The lowest BCUT2D eigenvalue weighted by atomic mass is 10.1. The minimum atomic E-state index is -3.47. The predicted molar refractivity (Wildman–Crippen MR) is 82.7 cm³/mol. The van der Waals surface area contributed by atoms with Crippen LogP contribution in [0.5, 0.6) is 0 Å².